The number of fused-ring (bicyclic) bond motifs is 1. The van der Waals surface area contributed by atoms with Crippen molar-refractivity contribution in [2.45, 2.75) is 103 Å². The Kier molecular flexibility index (Phi) is 9.38. The third kappa shape index (κ3) is 5.28. The molecule has 0 N–H and O–H groups in total. The lowest BCUT2D eigenvalue weighted by Gasteiger charge is -2.31. The van der Waals surface area contributed by atoms with E-state index in [0.29, 0.717) is 23.0 Å². The van der Waals surface area contributed by atoms with Crippen LogP contribution < -0.4 is 5.19 Å². The van der Waals surface area contributed by atoms with Gasteiger partial charge in [-0.25, -0.2) is 8.42 Å². The highest BCUT2D eigenvalue weighted by atomic mass is 35.5. The number of halogens is 1. The first-order chi connectivity index (χ1) is 17.1. The largest absolute Gasteiger partial charge is 0.243 e. The molecule has 3 nitrogen and oxygen atoms in total. The predicted octanol–water partition coefficient (Wildman–Crippen LogP) is 7.47. The summed E-state index contributed by atoms with van der Waals surface area (Å²) in [6.07, 6.45) is 0. The molecule has 196 valence electrons. The van der Waals surface area contributed by atoms with E-state index in [2.05, 4.69) is 59.1 Å². The van der Waals surface area contributed by atoms with E-state index in [0.717, 1.165) is 58.5 Å². The van der Waals surface area contributed by atoms with Crippen molar-refractivity contribution in [2.75, 3.05) is 0 Å². The summed E-state index contributed by atoms with van der Waals surface area (Å²) in [5, 5.41) is 2.04. The second-order valence-electron chi connectivity index (χ2n) is 10.3. The Hall–Kier alpha value is -1.37. The van der Waals surface area contributed by atoms with Crippen LogP contribution in [-0.2, 0) is 23.1 Å². The quantitative estimate of drug-likeness (QED) is 0.236. The molecule has 1 aliphatic rings. The molecule has 0 spiro atoms. The Labute approximate surface area is 226 Å². The zero-order chi connectivity index (χ0) is 26.7. The average Bonchev–Trinajstić information content (AvgIpc) is 3.35. The second-order valence-corrected chi connectivity index (χ2v) is 22.8. The van der Waals surface area contributed by atoms with Gasteiger partial charge in [0.1, 0.15) is 8.07 Å². The van der Waals surface area contributed by atoms with Crippen LogP contribution >= 0.6 is 11.6 Å². The van der Waals surface area contributed by atoms with E-state index in [-0.39, 0.29) is 0 Å². The highest BCUT2D eigenvalue weighted by Crippen LogP contribution is 2.37. The lowest BCUT2D eigenvalue weighted by Crippen LogP contribution is -2.48. The van der Waals surface area contributed by atoms with Crippen LogP contribution in [0.25, 0.3) is 0 Å². The first-order valence-corrected chi connectivity index (χ1v) is 20.6. The summed E-state index contributed by atoms with van der Waals surface area (Å²) in [5.41, 5.74) is 7.94. The third-order valence-corrected chi connectivity index (χ3v) is 21.4. The van der Waals surface area contributed by atoms with Gasteiger partial charge in [0.15, 0.2) is 0 Å². The van der Waals surface area contributed by atoms with E-state index in [1.807, 2.05) is 19.1 Å². The SMILES string of the molecule is CC[Si](C#Cc1c([Si](CC)(CC)CC)cc(Cl)c2c1CN(S(=O)(=O)c1ccc(C)cc1)C2)(CC)CC. The molecule has 0 aliphatic carbocycles. The number of hydrogen-bond donors (Lipinski definition) is 0. The Balaban J connectivity index is 2.23. The van der Waals surface area contributed by atoms with Gasteiger partial charge in [0.05, 0.1) is 13.0 Å². The van der Waals surface area contributed by atoms with Gasteiger partial charge in [0, 0.05) is 23.7 Å². The number of benzene rings is 2. The minimum Gasteiger partial charge on any atom is -0.207 e. The van der Waals surface area contributed by atoms with Crippen molar-refractivity contribution in [2.24, 2.45) is 0 Å². The molecule has 0 amide bonds. The van der Waals surface area contributed by atoms with Gasteiger partial charge in [-0.3, -0.25) is 0 Å². The van der Waals surface area contributed by atoms with E-state index >= 15 is 0 Å². The van der Waals surface area contributed by atoms with Crippen molar-refractivity contribution in [1.82, 2.24) is 4.31 Å². The monoisotopic (exact) mass is 559 g/mol. The van der Waals surface area contributed by atoms with Crippen LogP contribution in [0.2, 0.25) is 41.3 Å². The van der Waals surface area contributed by atoms with Crippen LogP contribution in [0.5, 0.6) is 0 Å². The fourth-order valence-electron chi connectivity index (χ4n) is 5.62. The smallest absolute Gasteiger partial charge is 0.207 e. The lowest BCUT2D eigenvalue weighted by atomic mass is 10.0. The van der Waals surface area contributed by atoms with Crippen LogP contribution in [0, 0.1) is 18.4 Å². The third-order valence-electron chi connectivity index (χ3n) is 8.91. The molecule has 0 bridgehead atoms. The van der Waals surface area contributed by atoms with Crippen LogP contribution in [0.15, 0.2) is 35.2 Å². The molecule has 36 heavy (non-hydrogen) atoms. The maximum absolute atomic E-state index is 13.6. The Morgan fingerprint density at radius 2 is 1.39 bits per heavy atom. The molecule has 0 aromatic heterocycles. The van der Waals surface area contributed by atoms with Crippen LogP contribution in [-0.4, -0.2) is 28.9 Å². The van der Waals surface area contributed by atoms with Crippen molar-refractivity contribution in [1.29, 1.82) is 0 Å². The van der Waals surface area contributed by atoms with Crippen molar-refractivity contribution in [3.8, 4) is 11.5 Å². The molecule has 0 unspecified atom stereocenters. The minimum absolute atomic E-state index is 0.302. The van der Waals surface area contributed by atoms with Gasteiger partial charge >= 0.3 is 0 Å². The Morgan fingerprint density at radius 3 is 1.89 bits per heavy atom. The minimum atomic E-state index is -3.63. The maximum Gasteiger partial charge on any atom is 0.243 e. The molecule has 2 aromatic rings. The van der Waals surface area contributed by atoms with Gasteiger partial charge in [-0.05, 0) is 59.6 Å². The van der Waals surface area contributed by atoms with Gasteiger partial charge in [0.25, 0.3) is 0 Å². The summed E-state index contributed by atoms with van der Waals surface area (Å²) >= 11 is 6.94. The fourth-order valence-corrected chi connectivity index (χ4v) is 13.6. The molecule has 1 heterocycles. The number of sulfonamides is 1. The molecule has 0 fully saturated rings. The lowest BCUT2D eigenvalue weighted by molar-refractivity contribution is 0.431. The van der Waals surface area contributed by atoms with E-state index < -0.39 is 26.2 Å². The molecule has 0 saturated carbocycles. The van der Waals surface area contributed by atoms with Crippen molar-refractivity contribution < 1.29 is 8.42 Å². The van der Waals surface area contributed by atoms with Crippen molar-refractivity contribution in [3.63, 3.8) is 0 Å². The van der Waals surface area contributed by atoms with E-state index in [1.165, 1.54) is 5.19 Å². The molecule has 7 heteroatoms. The molecule has 2 aromatic carbocycles. The maximum atomic E-state index is 13.6. The van der Waals surface area contributed by atoms with Crippen molar-refractivity contribution >= 4 is 43.0 Å². The topological polar surface area (TPSA) is 37.4 Å². The second kappa shape index (κ2) is 11.6. The normalized spacial score (nSPS) is 14.4. The zero-order valence-electron chi connectivity index (χ0n) is 23.1. The standard InChI is InChI=1S/C29H42ClNO2SSi2/c1-8-35(9-2,10-3)19-18-25-26-21-31(34(32,33)24-16-14-23(7)15-17-24)22-27(26)28(30)20-29(25)36(11-4,12-5)13-6/h14-17,20H,8-13,21-22H2,1-7H3. The predicted molar refractivity (Wildman–Crippen MR) is 160 cm³/mol. The highest BCUT2D eigenvalue weighted by Gasteiger charge is 2.38. The van der Waals surface area contributed by atoms with Gasteiger partial charge in [-0.2, -0.15) is 4.31 Å². The summed E-state index contributed by atoms with van der Waals surface area (Å²) in [5.74, 6) is 3.73. The molecular formula is C29H42ClNO2SSi2. The zero-order valence-corrected chi connectivity index (χ0v) is 26.7. The van der Waals surface area contributed by atoms with Crippen LogP contribution in [0.1, 0.15) is 63.8 Å². The van der Waals surface area contributed by atoms with Gasteiger partial charge in [-0.15, -0.1) is 5.54 Å². The van der Waals surface area contributed by atoms with Gasteiger partial charge in [-0.1, -0.05) is 94.9 Å². The fraction of sp³-hybridized carbons (Fsp3) is 0.517. The van der Waals surface area contributed by atoms with Crippen molar-refractivity contribution in [3.05, 3.63) is 57.6 Å². The number of rotatable bonds is 9. The molecular weight excluding hydrogens is 518 g/mol. The Morgan fingerprint density at radius 1 is 0.861 bits per heavy atom. The van der Waals surface area contributed by atoms with Gasteiger partial charge in [0.2, 0.25) is 10.0 Å². The van der Waals surface area contributed by atoms with E-state index in [1.54, 1.807) is 16.4 Å². The molecule has 0 radical (unpaired) electrons. The van der Waals surface area contributed by atoms with E-state index in [4.69, 9.17) is 11.6 Å². The summed E-state index contributed by atoms with van der Waals surface area (Å²) in [4.78, 5) is 0.332. The summed E-state index contributed by atoms with van der Waals surface area (Å²) in [6, 6.07) is 16.1. The molecule has 1 aliphatic heterocycles. The molecule has 0 saturated heterocycles. The number of hydrogen-bond acceptors (Lipinski definition) is 2. The molecule has 3 rings (SSSR count). The van der Waals surface area contributed by atoms with Gasteiger partial charge < -0.3 is 0 Å². The van der Waals surface area contributed by atoms with Crippen LogP contribution in [0.3, 0.4) is 0 Å². The van der Waals surface area contributed by atoms with E-state index in [9.17, 15) is 8.42 Å². The summed E-state index contributed by atoms with van der Waals surface area (Å²) in [7, 11) is -7.13. The Bertz CT molecular complexity index is 1240. The first kappa shape index (κ1) is 29.2. The summed E-state index contributed by atoms with van der Waals surface area (Å²) in [6.45, 7) is 16.3. The number of aryl methyl sites for hydroxylation is 1. The van der Waals surface area contributed by atoms with Crippen LogP contribution in [0.4, 0.5) is 0 Å². The summed E-state index contributed by atoms with van der Waals surface area (Å²) < 4.78 is 28.8. The first-order valence-electron chi connectivity index (χ1n) is 13.5. The highest BCUT2D eigenvalue weighted by molar-refractivity contribution is 7.89. The number of nitrogens with zero attached hydrogens (tertiary/aromatic N) is 1. The molecule has 0 atom stereocenters. The average molecular weight is 560 g/mol.